The standard InChI is InChI=1S/C26H32N4O6/c1-3-5-12-30-22-21(23(31)28-25(30)33)29(4-2)20(27-22)16-36-24(32)26(10-6-7-11-26)17-8-9-18-19(15-17)35-14-13-34-18/h8-9,15H,3-7,10-14,16H2,1-2H3,(H,28,31,33). The summed E-state index contributed by atoms with van der Waals surface area (Å²) in [7, 11) is 0. The van der Waals surface area contributed by atoms with Crippen molar-refractivity contribution in [1.29, 1.82) is 0 Å². The third-order valence-electron chi connectivity index (χ3n) is 7.29. The predicted octanol–water partition coefficient (Wildman–Crippen LogP) is 3.03. The van der Waals surface area contributed by atoms with Crippen molar-refractivity contribution in [2.24, 2.45) is 0 Å². The molecule has 0 spiro atoms. The largest absolute Gasteiger partial charge is 0.486 e. The molecular formula is C26H32N4O6. The van der Waals surface area contributed by atoms with E-state index in [2.05, 4.69) is 9.97 Å². The van der Waals surface area contributed by atoms with Gasteiger partial charge in [0, 0.05) is 13.1 Å². The summed E-state index contributed by atoms with van der Waals surface area (Å²) in [6.07, 6.45) is 4.90. The number of nitrogens with zero attached hydrogens (tertiary/aromatic N) is 3. The van der Waals surface area contributed by atoms with Gasteiger partial charge in [-0.2, -0.15) is 0 Å². The highest BCUT2D eigenvalue weighted by Gasteiger charge is 2.45. The molecular weight excluding hydrogens is 464 g/mol. The summed E-state index contributed by atoms with van der Waals surface area (Å²) in [5.41, 5.74) is -0.219. The van der Waals surface area contributed by atoms with Crippen LogP contribution in [0.25, 0.3) is 11.2 Å². The lowest BCUT2D eigenvalue weighted by molar-refractivity contribution is -0.152. The van der Waals surface area contributed by atoms with Gasteiger partial charge >= 0.3 is 11.7 Å². The zero-order chi connectivity index (χ0) is 25.3. The molecule has 1 fully saturated rings. The third-order valence-corrected chi connectivity index (χ3v) is 7.29. The van der Waals surface area contributed by atoms with E-state index in [4.69, 9.17) is 14.2 Å². The number of aromatic nitrogens is 4. The number of rotatable bonds is 8. The van der Waals surface area contributed by atoms with Crippen LogP contribution in [0.2, 0.25) is 0 Å². The zero-order valence-corrected chi connectivity index (χ0v) is 20.8. The normalized spacial score (nSPS) is 16.4. The van der Waals surface area contributed by atoms with Gasteiger partial charge in [-0.3, -0.25) is 19.1 Å². The molecule has 0 atom stereocenters. The lowest BCUT2D eigenvalue weighted by Crippen LogP contribution is -2.35. The van der Waals surface area contributed by atoms with Crippen molar-refractivity contribution >= 4 is 17.1 Å². The Balaban J connectivity index is 1.46. The summed E-state index contributed by atoms with van der Waals surface area (Å²) in [6.45, 7) is 5.72. The van der Waals surface area contributed by atoms with Crippen molar-refractivity contribution in [2.75, 3.05) is 13.2 Å². The van der Waals surface area contributed by atoms with Crippen LogP contribution in [0.15, 0.2) is 27.8 Å². The monoisotopic (exact) mass is 496 g/mol. The topological polar surface area (TPSA) is 117 Å². The second-order valence-corrected chi connectivity index (χ2v) is 9.43. The van der Waals surface area contributed by atoms with E-state index >= 15 is 0 Å². The van der Waals surface area contributed by atoms with E-state index in [0.29, 0.717) is 67.6 Å². The van der Waals surface area contributed by atoms with Crippen LogP contribution in [0.3, 0.4) is 0 Å². The number of aryl methyl sites for hydroxylation is 2. The smallest absolute Gasteiger partial charge is 0.330 e. The quantitative estimate of drug-likeness (QED) is 0.476. The van der Waals surface area contributed by atoms with E-state index in [1.807, 2.05) is 32.0 Å². The number of esters is 1. The number of nitrogens with one attached hydrogen (secondary N) is 1. The van der Waals surface area contributed by atoms with E-state index in [0.717, 1.165) is 31.2 Å². The van der Waals surface area contributed by atoms with Crippen LogP contribution in [-0.2, 0) is 34.6 Å². The lowest BCUT2D eigenvalue weighted by atomic mass is 9.78. The fraction of sp³-hybridized carbons (Fsp3) is 0.538. The number of carbonyl (C=O) groups is 1. The molecule has 1 saturated carbocycles. The molecule has 0 saturated heterocycles. The van der Waals surface area contributed by atoms with Gasteiger partial charge in [-0.1, -0.05) is 32.3 Å². The molecule has 36 heavy (non-hydrogen) atoms. The van der Waals surface area contributed by atoms with Gasteiger partial charge in [0.2, 0.25) is 0 Å². The maximum absolute atomic E-state index is 13.6. The summed E-state index contributed by atoms with van der Waals surface area (Å²) in [6, 6.07) is 5.68. The van der Waals surface area contributed by atoms with Gasteiger partial charge in [0.25, 0.3) is 5.56 Å². The molecule has 0 bridgehead atoms. The van der Waals surface area contributed by atoms with E-state index in [-0.39, 0.29) is 12.6 Å². The van der Waals surface area contributed by atoms with Crippen molar-refractivity contribution in [3.05, 3.63) is 50.4 Å². The molecule has 1 aromatic carbocycles. The minimum absolute atomic E-state index is 0.0882. The summed E-state index contributed by atoms with van der Waals surface area (Å²) >= 11 is 0. The zero-order valence-electron chi connectivity index (χ0n) is 20.8. The average Bonchev–Trinajstić information content (AvgIpc) is 3.53. The molecule has 1 aliphatic heterocycles. The number of H-pyrrole nitrogens is 1. The molecule has 2 aliphatic rings. The Hall–Kier alpha value is -3.56. The minimum Gasteiger partial charge on any atom is -0.486 e. The molecule has 1 aliphatic carbocycles. The predicted molar refractivity (Wildman–Crippen MR) is 133 cm³/mol. The molecule has 10 heteroatoms. The minimum atomic E-state index is -0.764. The van der Waals surface area contributed by atoms with Crippen LogP contribution < -0.4 is 20.7 Å². The number of hydrogen-bond acceptors (Lipinski definition) is 7. The number of hydrogen-bond donors (Lipinski definition) is 1. The van der Waals surface area contributed by atoms with Gasteiger partial charge in [0.05, 0.1) is 5.41 Å². The number of carbonyl (C=O) groups excluding carboxylic acids is 1. The lowest BCUT2D eigenvalue weighted by Gasteiger charge is -2.29. The highest BCUT2D eigenvalue weighted by atomic mass is 16.6. The second kappa shape index (κ2) is 9.83. The first-order chi connectivity index (χ1) is 17.5. The molecule has 3 heterocycles. The summed E-state index contributed by atoms with van der Waals surface area (Å²) < 4.78 is 20.5. The highest BCUT2D eigenvalue weighted by Crippen LogP contribution is 2.45. The van der Waals surface area contributed by atoms with E-state index < -0.39 is 16.7 Å². The molecule has 1 N–H and O–H groups in total. The summed E-state index contributed by atoms with van der Waals surface area (Å²) in [4.78, 5) is 45.7. The van der Waals surface area contributed by atoms with Gasteiger partial charge < -0.3 is 18.8 Å². The van der Waals surface area contributed by atoms with Crippen LogP contribution in [0.5, 0.6) is 11.5 Å². The first-order valence-corrected chi connectivity index (χ1v) is 12.8. The van der Waals surface area contributed by atoms with E-state index in [1.165, 1.54) is 4.57 Å². The molecule has 0 unspecified atom stereocenters. The van der Waals surface area contributed by atoms with Crippen LogP contribution in [0, 0.1) is 0 Å². The van der Waals surface area contributed by atoms with Gasteiger partial charge in [0.15, 0.2) is 22.7 Å². The van der Waals surface area contributed by atoms with Crippen molar-refractivity contribution in [3.8, 4) is 11.5 Å². The van der Waals surface area contributed by atoms with Crippen LogP contribution >= 0.6 is 0 Å². The second-order valence-electron chi connectivity index (χ2n) is 9.43. The molecule has 3 aromatic rings. The van der Waals surface area contributed by atoms with Crippen LogP contribution in [-0.4, -0.2) is 38.3 Å². The Labute approximate surface area is 208 Å². The Kier molecular flexibility index (Phi) is 6.59. The number of benzene rings is 1. The maximum atomic E-state index is 13.6. The van der Waals surface area contributed by atoms with E-state index in [9.17, 15) is 14.4 Å². The molecule has 10 nitrogen and oxygen atoms in total. The van der Waals surface area contributed by atoms with Crippen molar-refractivity contribution < 1.29 is 19.0 Å². The fourth-order valence-corrected chi connectivity index (χ4v) is 5.39. The maximum Gasteiger partial charge on any atom is 0.330 e. The Bertz CT molecular complexity index is 1400. The van der Waals surface area contributed by atoms with Crippen molar-refractivity contribution in [1.82, 2.24) is 19.1 Å². The molecule has 192 valence electrons. The summed E-state index contributed by atoms with van der Waals surface area (Å²) in [5.74, 6) is 1.46. The first-order valence-electron chi connectivity index (χ1n) is 12.8. The number of imidazole rings is 1. The van der Waals surface area contributed by atoms with E-state index in [1.54, 1.807) is 4.57 Å². The van der Waals surface area contributed by atoms with Crippen molar-refractivity contribution in [2.45, 2.75) is 77.5 Å². The number of aromatic amines is 1. The van der Waals surface area contributed by atoms with Gasteiger partial charge in [-0.25, -0.2) is 9.78 Å². The molecule has 0 amide bonds. The first kappa shape index (κ1) is 24.1. The highest BCUT2D eigenvalue weighted by molar-refractivity contribution is 5.84. The number of unbranched alkanes of at least 4 members (excludes halogenated alkanes) is 1. The molecule has 2 aromatic heterocycles. The Morgan fingerprint density at radius 2 is 1.86 bits per heavy atom. The third kappa shape index (κ3) is 4.08. The van der Waals surface area contributed by atoms with Gasteiger partial charge in [0.1, 0.15) is 25.6 Å². The Morgan fingerprint density at radius 3 is 2.58 bits per heavy atom. The van der Waals surface area contributed by atoms with Crippen LogP contribution in [0.4, 0.5) is 0 Å². The average molecular weight is 497 g/mol. The fourth-order valence-electron chi connectivity index (χ4n) is 5.39. The Morgan fingerprint density at radius 1 is 1.11 bits per heavy atom. The van der Waals surface area contributed by atoms with Crippen molar-refractivity contribution in [3.63, 3.8) is 0 Å². The molecule has 5 rings (SSSR count). The van der Waals surface area contributed by atoms with Crippen LogP contribution in [0.1, 0.15) is 63.8 Å². The SMILES string of the molecule is CCCCn1c(=O)[nH]c(=O)c2c1nc(COC(=O)C1(c3ccc4c(c3)OCCO4)CCCC1)n2CC. The van der Waals surface area contributed by atoms with Gasteiger partial charge in [-0.05, 0) is 43.9 Å². The summed E-state index contributed by atoms with van der Waals surface area (Å²) in [5, 5.41) is 0. The molecule has 0 radical (unpaired) electrons. The number of ether oxygens (including phenoxy) is 3. The van der Waals surface area contributed by atoms with Gasteiger partial charge in [-0.15, -0.1) is 0 Å². The number of fused-ring (bicyclic) bond motifs is 2.